The lowest BCUT2D eigenvalue weighted by Crippen LogP contribution is -2.34. The number of hydrogen-bond donors (Lipinski definition) is 1. The van der Waals surface area contributed by atoms with Gasteiger partial charge in [0, 0.05) is 32.2 Å². The van der Waals surface area contributed by atoms with Gasteiger partial charge >= 0.3 is 0 Å². The molecular weight excluding hydrogens is 224 g/mol. The summed E-state index contributed by atoms with van der Waals surface area (Å²) < 4.78 is 0. The van der Waals surface area contributed by atoms with Gasteiger partial charge in [0.2, 0.25) is 0 Å². The van der Waals surface area contributed by atoms with E-state index in [1.54, 1.807) is 0 Å². The third-order valence-corrected chi connectivity index (χ3v) is 3.83. The number of nitrogens with zero attached hydrogens (tertiary/aromatic N) is 2. The maximum atomic E-state index is 9.02. The van der Waals surface area contributed by atoms with Gasteiger partial charge in [-0.05, 0) is 25.5 Å². The second kappa shape index (κ2) is 6.88. The van der Waals surface area contributed by atoms with E-state index in [1.165, 1.54) is 12.0 Å². The Morgan fingerprint density at radius 1 is 1.17 bits per heavy atom. The molecule has 3 nitrogen and oxygen atoms in total. The van der Waals surface area contributed by atoms with Gasteiger partial charge in [0.25, 0.3) is 0 Å². The van der Waals surface area contributed by atoms with Crippen LogP contribution in [0.1, 0.15) is 18.9 Å². The van der Waals surface area contributed by atoms with E-state index >= 15 is 0 Å². The van der Waals surface area contributed by atoms with Crippen LogP contribution in [0, 0.1) is 0 Å². The molecule has 3 heteroatoms. The molecule has 0 spiro atoms. The molecule has 1 saturated heterocycles. The number of hydrogen-bond acceptors (Lipinski definition) is 3. The van der Waals surface area contributed by atoms with Crippen LogP contribution in [0.4, 0.5) is 0 Å². The molecule has 0 saturated carbocycles. The molecule has 1 unspecified atom stereocenters. The highest BCUT2D eigenvalue weighted by molar-refractivity contribution is 5.14. The van der Waals surface area contributed by atoms with E-state index < -0.39 is 0 Å². The largest absolute Gasteiger partial charge is 0.395 e. The van der Waals surface area contributed by atoms with Crippen molar-refractivity contribution in [2.45, 2.75) is 25.9 Å². The standard InChI is InChI=1S/C15H24N2O/c1-14-7-8-16(11-12-18)9-10-17(14)13-15-5-3-2-4-6-15/h2-6,14,18H,7-13H2,1H3. The number of benzene rings is 1. The van der Waals surface area contributed by atoms with Crippen LogP contribution in [-0.4, -0.2) is 53.7 Å². The van der Waals surface area contributed by atoms with Crippen LogP contribution in [0.15, 0.2) is 30.3 Å². The zero-order valence-corrected chi connectivity index (χ0v) is 11.3. The molecule has 0 aromatic heterocycles. The molecule has 1 aromatic rings. The molecule has 0 aliphatic carbocycles. The van der Waals surface area contributed by atoms with Crippen LogP contribution in [-0.2, 0) is 6.54 Å². The fourth-order valence-electron chi connectivity index (χ4n) is 2.57. The van der Waals surface area contributed by atoms with Crippen molar-refractivity contribution in [3.8, 4) is 0 Å². The van der Waals surface area contributed by atoms with Crippen molar-refractivity contribution >= 4 is 0 Å². The summed E-state index contributed by atoms with van der Waals surface area (Å²) in [6.07, 6.45) is 1.19. The average molecular weight is 248 g/mol. The predicted octanol–water partition coefficient (Wildman–Crippen LogP) is 1.58. The minimum atomic E-state index is 0.271. The molecular formula is C15H24N2O. The Morgan fingerprint density at radius 2 is 1.94 bits per heavy atom. The lowest BCUT2D eigenvalue weighted by atomic mass is 10.1. The van der Waals surface area contributed by atoms with Gasteiger partial charge in [-0.1, -0.05) is 30.3 Å². The molecule has 1 aromatic carbocycles. The Morgan fingerprint density at radius 3 is 2.67 bits per heavy atom. The summed E-state index contributed by atoms with van der Waals surface area (Å²) in [7, 11) is 0. The Balaban J connectivity index is 1.92. The first-order valence-electron chi connectivity index (χ1n) is 6.91. The van der Waals surface area contributed by atoms with Crippen LogP contribution in [0.25, 0.3) is 0 Å². The second-order valence-corrected chi connectivity index (χ2v) is 5.16. The predicted molar refractivity (Wildman–Crippen MR) is 74.5 cm³/mol. The smallest absolute Gasteiger partial charge is 0.0558 e. The van der Waals surface area contributed by atoms with Gasteiger partial charge in [0.1, 0.15) is 0 Å². The van der Waals surface area contributed by atoms with Gasteiger partial charge < -0.3 is 5.11 Å². The molecule has 2 rings (SSSR count). The number of rotatable bonds is 4. The summed E-state index contributed by atoms with van der Waals surface area (Å²) in [6.45, 7) is 7.69. The first-order valence-corrected chi connectivity index (χ1v) is 6.91. The first-order chi connectivity index (χ1) is 8.79. The maximum Gasteiger partial charge on any atom is 0.0558 e. The van der Waals surface area contributed by atoms with E-state index in [0.717, 1.165) is 32.7 Å². The Bertz CT molecular complexity index is 342. The van der Waals surface area contributed by atoms with Gasteiger partial charge in [-0.15, -0.1) is 0 Å². The van der Waals surface area contributed by atoms with Gasteiger partial charge in [0.05, 0.1) is 6.61 Å². The summed E-state index contributed by atoms with van der Waals surface area (Å²) in [5.74, 6) is 0. The van der Waals surface area contributed by atoms with Gasteiger partial charge in [0.15, 0.2) is 0 Å². The molecule has 1 atom stereocenters. The highest BCUT2D eigenvalue weighted by Gasteiger charge is 2.20. The molecule has 1 fully saturated rings. The lowest BCUT2D eigenvalue weighted by molar-refractivity contribution is 0.189. The second-order valence-electron chi connectivity index (χ2n) is 5.16. The van der Waals surface area contributed by atoms with E-state index in [0.29, 0.717) is 6.04 Å². The summed E-state index contributed by atoms with van der Waals surface area (Å²) in [4.78, 5) is 4.91. The first kappa shape index (κ1) is 13.5. The number of aliphatic hydroxyl groups is 1. The van der Waals surface area contributed by atoms with E-state index in [4.69, 9.17) is 5.11 Å². The summed E-state index contributed by atoms with van der Waals surface area (Å²) in [6, 6.07) is 11.3. The number of aliphatic hydroxyl groups excluding tert-OH is 1. The van der Waals surface area contributed by atoms with Crippen molar-refractivity contribution in [3.63, 3.8) is 0 Å². The highest BCUT2D eigenvalue weighted by atomic mass is 16.3. The van der Waals surface area contributed by atoms with E-state index in [9.17, 15) is 0 Å². The van der Waals surface area contributed by atoms with Crippen LogP contribution in [0.5, 0.6) is 0 Å². The molecule has 18 heavy (non-hydrogen) atoms. The molecule has 1 aliphatic rings. The highest BCUT2D eigenvalue weighted by Crippen LogP contribution is 2.14. The topological polar surface area (TPSA) is 26.7 Å². The summed E-state index contributed by atoms with van der Waals surface area (Å²) >= 11 is 0. The molecule has 100 valence electrons. The van der Waals surface area contributed by atoms with Gasteiger partial charge in [-0.25, -0.2) is 0 Å². The Hall–Kier alpha value is -0.900. The van der Waals surface area contributed by atoms with Crippen molar-refractivity contribution in [1.82, 2.24) is 9.80 Å². The molecule has 1 heterocycles. The van der Waals surface area contributed by atoms with Crippen molar-refractivity contribution < 1.29 is 5.11 Å². The van der Waals surface area contributed by atoms with E-state index in [1.807, 2.05) is 0 Å². The van der Waals surface area contributed by atoms with Crippen molar-refractivity contribution in [2.75, 3.05) is 32.8 Å². The summed E-state index contributed by atoms with van der Waals surface area (Å²) in [5.41, 5.74) is 1.39. The number of β-amino-alcohol motifs (C(OH)–C–C–N with tert-alkyl or cyclic N) is 1. The minimum Gasteiger partial charge on any atom is -0.395 e. The Labute approximate surface area is 110 Å². The van der Waals surface area contributed by atoms with E-state index in [-0.39, 0.29) is 6.61 Å². The normalized spacial score (nSPS) is 22.9. The van der Waals surface area contributed by atoms with Crippen molar-refractivity contribution in [3.05, 3.63) is 35.9 Å². The third-order valence-electron chi connectivity index (χ3n) is 3.83. The van der Waals surface area contributed by atoms with Gasteiger partial charge in [-0.2, -0.15) is 0 Å². The van der Waals surface area contributed by atoms with Crippen LogP contribution >= 0.6 is 0 Å². The Kier molecular flexibility index (Phi) is 5.17. The van der Waals surface area contributed by atoms with Gasteiger partial charge in [-0.3, -0.25) is 9.80 Å². The molecule has 1 aliphatic heterocycles. The quantitative estimate of drug-likeness (QED) is 0.876. The van der Waals surface area contributed by atoms with Crippen LogP contribution in [0.3, 0.4) is 0 Å². The fourth-order valence-corrected chi connectivity index (χ4v) is 2.57. The van der Waals surface area contributed by atoms with Crippen molar-refractivity contribution in [1.29, 1.82) is 0 Å². The molecule has 0 bridgehead atoms. The fraction of sp³-hybridized carbons (Fsp3) is 0.600. The lowest BCUT2D eigenvalue weighted by Gasteiger charge is -2.26. The molecule has 1 N–H and O–H groups in total. The zero-order chi connectivity index (χ0) is 12.8. The molecule has 0 radical (unpaired) electrons. The maximum absolute atomic E-state index is 9.02. The van der Waals surface area contributed by atoms with Crippen LogP contribution < -0.4 is 0 Å². The monoisotopic (exact) mass is 248 g/mol. The molecule has 0 amide bonds. The average Bonchev–Trinajstić information content (AvgIpc) is 2.56. The minimum absolute atomic E-state index is 0.271. The SMILES string of the molecule is CC1CCN(CCO)CCN1Cc1ccccc1. The zero-order valence-electron chi connectivity index (χ0n) is 11.3. The van der Waals surface area contributed by atoms with Crippen LogP contribution in [0.2, 0.25) is 0 Å². The van der Waals surface area contributed by atoms with E-state index in [2.05, 4.69) is 47.1 Å². The van der Waals surface area contributed by atoms with Crippen molar-refractivity contribution in [2.24, 2.45) is 0 Å². The third kappa shape index (κ3) is 3.80. The summed E-state index contributed by atoms with van der Waals surface area (Å²) in [5, 5.41) is 9.02.